The third-order valence-electron chi connectivity index (χ3n) is 5.16. The molecule has 0 aliphatic carbocycles. The molecule has 8 heteroatoms. The van der Waals surface area contributed by atoms with Crippen molar-refractivity contribution in [2.45, 2.75) is 33.7 Å². The number of esters is 1. The van der Waals surface area contributed by atoms with Gasteiger partial charge < -0.3 is 19.1 Å². The number of hydrogen-bond donors (Lipinski definition) is 0. The lowest BCUT2D eigenvalue weighted by Gasteiger charge is -2.42. The van der Waals surface area contributed by atoms with Crippen LogP contribution in [0.25, 0.3) is 11.1 Å². The van der Waals surface area contributed by atoms with Crippen molar-refractivity contribution in [3.8, 4) is 0 Å². The number of nitrogens with zero attached hydrogens (tertiary/aromatic N) is 5. The van der Waals surface area contributed by atoms with Crippen LogP contribution in [0.4, 0.5) is 11.5 Å². The van der Waals surface area contributed by atoms with Crippen molar-refractivity contribution >= 4 is 28.6 Å². The quantitative estimate of drug-likeness (QED) is 0.623. The Hall–Kier alpha value is -3.16. The fourth-order valence-electron chi connectivity index (χ4n) is 3.85. The number of ether oxygens (including phenoxy) is 1. The van der Waals surface area contributed by atoms with Crippen LogP contribution in [0.1, 0.15) is 35.7 Å². The van der Waals surface area contributed by atoms with Gasteiger partial charge in [-0.05, 0) is 45.4 Å². The van der Waals surface area contributed by atoms with Crippen LogP contribution in [-0.4, -0.2) is 53.4 Å². The fraction of sp³-hybridized carbons (Fsp3) is 0.429. The van der Waals surface area contributed by atoms with Gasteiger partial charge in [-0.25, -0.2) is 9.78 Å². The van der Waals surface area contributed by atoms with E-state index in [2.05, 4.69) is 63.0 Å². The fourth-order valence-corrected chi connectivity index (χ4v) is 3.85. The summed E-state index contributed by atoms with van der Waals surface area (Å²) < 4.78 is 10.5. The molecule has 29 heavy (non-hydrogen) atoms. The number of hydrogen-bond acceptors (Lipinski definition) is 8. The molecule has 2 aromatic heterocycles. The third-order valence-corrected chi connectivity index (χ3v) is 5.16. The molecule has 1 fully saturated rings. The number of fused-ring (bicyclic) bond motifs is 1. The van der Waals surface area contributed by atoms with E-state index in [9.17, 15) is 4.79 Å². The summed E-state index contributed by atoms with van der Waals surface area (Å²) in [4.78, 5) is 25.9. The highest BCUT2D eigenvalue weighted by molar-refractivity contribution is 6.05. The first-order chi connectivity index (χ1) is 14.0. The highest BCUT2D eigenvalue weighted by Crippen LogP contribution is 2.30. The molecular formula is C21H25N5O3. The summed E-state index contributed by atoms with van der Waals surface area (Å²) in [7, 11) is 0. The first-order valence-corrected chi connectivity index (χ1v) is 9.87. The minimum Gasteiger partial charge on any atom is -0.461 e. The van der Waals surface area contributed by atoms with Crippen LogP contribution in [-0.2, 0) is 4.74 Å². The van der Waals surface area contributed by atoms with Crippen LogP contribution < -0.4 is 9.80 Å². The average molecular weight is 395 g/mol. The standard InChI is InChI=1S/C21H25N5O3/c1-5-28-21(27)18-17-19(22-15(4)23-20(17)29-24-18)25-9-10-26(14(3)12-25)16-8-6-7-13(2)11-16/h6-8,11,14H,5,9-10,12H2,1-4H3/t14-/m1/s1. The minimum absolute atomic E-state index is 0.130. The van der Waals surface area contributed by atoms with Crippen molar-refractivity contribution in [2.75, 3.05) is 36.0 Å². The van der Waals surface area contributed by atoms with Crippen LogP contribution in [0.5, 0.6) is 0 Å². The molecule has 3 heterocycles. The van der Waals surface area contributed by atoms with E-state index in [1.165, 1.54) is 11.3 Å². The van der Waals surface area contributed by atoms with E-state index in [-0.39, 0.29) is 18.3 Å². The van der Waals surface area contributed by atoms with Gasteiger partial charge in [0.25, 0.3) is 5.71 Å². The smallest absolute Gasteiger partial charge is 0.361 e. The SMILES string of the molecule is CCOC(=O)c1noc2nc(C)nc(N3CCN(c4cccc(C)c4)[C@H](C)C3)c12. The van der Waals surface area contributed by atoms with Crippen LogP contribution in [0.15, 0.2) is 28.8 Å². The molecule has 1 saturated heterocycles. The molecular weight excluding hydrogens is 370 g/mol. The predicted octanol–water partition coefficient (Wildman–Crippen LogP) is 3.13. The molecule has 1 aliphatic heterocycles. The lowest BCUT2D eigenvalue weighted by atomic mass is 10.1. The second-order valence-electron chi connectivity index (χ2n) is 7.35. The monoisotopic (exact) mass is 395 g/mol. The molecule has 0 unspecified atom stereocenters. The molecule has 1 atom stereocenters. The Balaban J connectivity index is 1.67. The maximum absolute atomic E-state index is 12.3. The Labute approximate surface area is 169 Å². The van der Waals surface area contributed by atoms with E-state index in [1.54, 1.807) is 6.92 Å². The van der Waals surface area contributed by atoms with Crippen LogP contribution in [0.3, 0.4) is 0 Å². The third kappa shape index (κ3) is 3.62. The van der Waals surface area contributed by atoms with E-state index in [1.807, 2.05) is 6.92 Å². The van der Waals surface area contributed by atoms with Crippen LogP contribution in [0, 0.1) is 13.8 Å². The molecule has 3 aromatic rings. The lowest BCUT2D eigenvalue weighted by molar-refractivity contribution is 0.0517. The van der Waals surface area contributed by atoms with E-state index in [0.29, 0.717) is 22.7 Å². The summed E-state index contributed by atoms with van der Waals surface area (Å²) in [5, 5.41) is 4.43. The first kappa shape index (κ1) is 19.2. The molecule has 0 spiro atoms. The van der Waals surface area contributed by atoms with E-state index in [0.717, 1.165) is 19.6 Å². The Morgan fingerprint density at radius 1 is 1.28 bits per heavy atom. The first-order valence-electron chi connectivity index (χ1n) is 9.87. The van der Waals surface area contributed by atoms with Crippen molar-refractivity contribution in [1.82, 2.24) is 15.1 Å². The van der Waals surface area contributed by atoms with Crippen molar-refractivity contribution < 1.29 is 14.1 Å². The predicted molar refractivity (Wildman–Crippen MR) is 110 cm³/mol. The van der Waals surface area contributed by atoms with Gasteiger partial charge in [0.2, 0.25) is 5.69 Å². The number of benzene rings is 1. The molecule has 152 valence electrons. The molecule has 1 aromatic carbocycles. The highest BCUT2D eigenvalue weighted by atomic mass is 16.5. The topological polar surface area (TPSA) is 84.6 Å². The summed E-state index contributed by atoms with van der Waals surface area (Å²) in [5.74, 6) is 0.728. The van der Waals surface area contributed by atoms with Crippen LogP contribution in [0.2, 0.25) is 0 Å². The van der Waals surface area contributed by atoms with Crippen molar-refractivity contribution in [2.24, 2.45) is 0 Å². The normalized spacial score (nSPS) is 17.0. The zero-order chi connectivity index (χ0) is 20.5. The zero-order valence-electron chi connectivity index (χ0n) is 17.2. The Kier molecular flexibility index (Phi) is 5.08. The Morgan fingerprint density at radius 3 is 2.83 bits per heavy atom. The van der Waals surface area contributed by atoms with Gasteiger partial charge in [-0.3, -0.25) is 0 Å². The van der Waals surface area contributed by atoms with Crippen molar-refractivity contribution in [3.63, 3.8) is 0 Å². The highest BCUT2D eigenvalue weighted by Gasteiger charge is 2.30. The minimum atomic E-state index is -0.522. The molecule has 0 amide bonds. The maximum Gasteiger partial charge on any atom is 0.361 e. The second-order valence-corrected chi connectivity index (χ2v) is 7.35. The molecule has 0 bridgehead atoms. The molecule has 0 N–H and O–H groups in total. The maximum atomic E-state index is 12.3. The number of aromatic nitrogens is 3. The van der Waals surface area contributed by atoms with Gasteiger partial charge in [0, 0.05) is 31.4 Å². The largest absolute Gasteiger partial charge is 0.461 e. The molecule has 1 aliphatic rings. The number of piperazine rings is 1. The van der Waals surface area contributed by atoms with Gasteiger partial charge in [-0.1, -0.05) is 17.3 Å². The number of anilines is 2. The summed E-state index contributed by atoms with van der Waals surface area (Å²) in [6.07, 6.45) is 0. The van der Waals surface area contributed by atoms with Gasteiger partial charge in [-0.2, -0.15) is 4.98 Å². The Bertz CT molecular complexity index is 1050. The average Bonchev–Trinajstić information content (AvgIpc) is 3.11. The molecule has 4 rings (SSSR count). The molecule has 0 radical (unpaired) electrons. The van der Waals surface area contributed by atoms with Crippen LogP contribution >= 0.6 is 0 Å². The summed E-state index contributed by atoms with van der Waals surface area (Å²) >= 11 is 0. The molecule has 8 nitrogen and oxygen atoms in total. The van der Waals surface area contributed by atoms with Crippen molar-refractivity contribution in [3.05, 3.63) is 41.3 Å². The van der Waals surface area contributed by atoms with E-state index >= 15 is 0 Å². The summed E-state index contributed by atoms with van der Waals surface area (Å²) in [6, 6.07) is 8.81. The van der Waals surface area contributed by atoms with Gasteiger partial charge in [0.1, 0.15) is 17.0 Å². The number of aryl methyl sites for hydroxylation is 2. The van der Waals surface area contributed by atoms with E-state index in [4.69, 9.17) is 9.26 Å². The van der Waals surface area contributed by atoms with Gasteiger partial charge in [0.05, 0.1) is 6.61 Å². The number of rotatable bonds is 4. The van der Waals surface area contributed by atoms with Gasteiger partial charge in [0.15, 0.2) is 0 Å². The van der Waals surface area contributed by atoms with Gasteiger partial charge in [-0.15, -0.1) is 0 Å². The lowest BCUT2D eigenvalue weighted by Crippen LogP contribution is -2.52. The number of carbonyl (C=O) groups excluding carboxylic acids is 1. The summed E-state index contributed by atoms with van der Waals surface area (Å²) in [5.41, 5.74) is 2.90. The Morgan fingerprint density at radius 2 is 2.10 bits per heavy atom. The number of carbonyl (C=O) groups is 1. The van der Waals surface area contributed by atoms with Crippen molar-refractivity contribution in [1.29, 1.82) is 0 Å². The van der Waals surface area contributed by atoms with Gasteiger partial charge >= 0.3 is 5.97 Å². The second kappa shape index (κ2) is 7.69. The summed E-state index contributed by atoms with van der Waals surface area (Å²) in [6.45, 7) is 10.5. The zero-order valence-corrected chi connectivity index (χ0v) is 17.2. The van der Waals surface area contributed by atoms with E-state index < -0.39 is 5.97 Å². The molecule has 0 saturated carbocycles.